The number of rotatable bonds is 5. The average Bonchev–Trinajstić information content (AvgIpc) is 3.03. The van der Waals surface area contributed by atoms with Gasteiger partial charge in [0, 0.05) is 33.2 Å². The van der Waals surface area contributed by atoms with Crippen LogP contribution >= 0.6 is 24.0 Å². The fourth-order valence-electron chi connectivity index (χ4n) is 3.76. The predicted molar refractivity (Wildman–Crippen MR) is 112 cm³/mol. The number of hydrogen-bond acceptors (Lipinski definition) is 2. The van der Waals surface area contributed by atoms with Crippen LogP contribution in [0.5, 0.6) is 0 Å². The van der Waals surface area contributed by atoms with E-state index in [2.05, 4.69) is 20.5 Å². The Bertz CT molecular complexity index is 631. The number of likely N-dealkylation sites (tertiary alicyclic amines) is 1. The molecule has 1 saturated carbocycles. The van der Waals surface area contributed by atoms with Crippen molar-refractivity contribution in [1.29, 1.82) is 0 Å². The van der Waals surface area contributed by atoms with E-state index in [4.69, 9.17) is 0 Å². The summed E-state index contributed by atoms with van der Waals surface area (Å²) < 4.78 is 12.9. The number of carbonyl (C=O) groups excluding carboxylic acids is 1. The highest BCUT2D eigenvalue weighted by Crippen LogP contribution is 2.47. The van der Waals surface area contributed by atoms with E-state index in [0.29, 0.717) is 18.5 Å². The van der Waals surface area contributed by atoms with E-state index < -0.39 is 0 Å². The molecular formula is C19H28FIN4O. The number of halogens is 2. The van der Waals surface area contributed by atoms with Gasteiger partial charge in [-0.3, -0.25) is 9.79 Å². The highest BCUT2D eigenvalue weighted by Gasteiger charge is 2.43. The molecule has 1 aromatic rings. The van der Waals surface area contributed by atoms with Gasteiger partial charge in [0.25, 0.3) is 0 Å². The normalized spacial score (nSPS) is 18.2. The Kier molecular flexibility index (Phi) is 7.67. The SMILES string of the molecule is CN=C(NCCNC(=O)Cc1ccc(F)cc1)N1CCC2(CCC2)C1.I. The Hall–Kier alpha value is -1.38. The standard InChI is InChI=1S/C19H27FN4O.HI/c1-21-18(24-12-9-19(14-24)7-2-8-19)23-11-10-22-17(25)13-15-3-5-16(20)6-4-15;/h3-6H,2,7-14H2,1H3,(H,21,23)(H,22,25);1H. The van der Waals surface area contributed by atoms with Gasteiger partial charge in [-0.15, -0.1) is 24.0 Å². The minimum atomic E-state index is -0.287. The van der Waals surface area contributed by atoms with Crippen LogP contribution in [0, 0.1) is 11.2 Å². The Morgan fingerprint density at radius 3 is 2.46 bits per heavy atom. The summed E-state index contributed by atoms with van der Waals surface area (Å²) in [6.45, 7) is 3.35. The maximum Gasteiger partial charge on any atom is 0.224 e. The van der Waals surface area contributed by atoms with Crippen LogP contribution in [-0.2, 0) is 11.2 Å². The van der Waals surface area contributed by atoms with Gasteiger partial charge in [-0.25, -0.2) is 4.39 Å². The minimum Gasteiger partial charge on any atom is -0.354 e. The minimum absolute atomic E-state index is 0. The number of benzene rings is 1. The molecular weight excluding hydrogens is 446 g/mol. The third-order valence-corrected chi connectivity index (χ3v) is 5.37. The number of nitrogens with zero attached hydrogens (tertiary/aromatic N) is 2. The lowest BCUT2D eigenvalue weighted by atomic mass is 9.68. The summed E-state index contributed by atoms with van der Waals surface area (Å²) >= 11 is 0. The predicted octanol–water partition coefficient (Wildman–Crippen LogP) is 2.55. The van der Waals surface area contributed by atoms with Crippen LogP contribution in [0.2, 0.25) is 0 Å². The summed E-state index contributed by atoms with van der Waals surface area (Å²) in [6.07, 6.45) is 5.59. The van der Waals surface area contributed by atoms with Gasteiger partial charge in [0.1, 0.15) is 5.82 Å². The maximum absolute atomic E-state index is 12.9. The van der Waals surface area contributed by atoms with Gasteiger partial charge < -0.3 is 15.5 Å². The smallest absolute Gasteiger partial charge is 0.224 e. The molecule has 1 aromatic carbocycles. The molecule has 1 saturated heterocycles. The van der Waals surface area contributed by atoms with Crippen molar-refractivity contribution < 1.29 is 9.18 Å². The number of nitrogens with one attached hydrogen (secondary N) is 2. The maximum atomic E-state index is 12.9. The zero-order valence-electron chi connectivity index (χ0n) is 15.3. The highest BCUT2D eigenvalue weighted by atomic mass is 127. The molecule has 1 aliphatic carbocycles. The number of aliphatic imine (C=N–C) groups is 1. The second-order valence-electron chi connectivity index (χ2n) is 7.15. The Morgan fingerprint density at radius 1 is 1.19 bits per heavy atom. The van der Waals surface area contributed by atoms with E-state index in [0.717, 1.165) is 24.6 Å². The van der Waals surface area contributed by atoms with Gasteiger partial charge in [-0.2, -0.15) is 0 Å². The summed E-state index contributed by atoms with van der Waals surface area (Å²) in [5.41, 5.74) is 1.35. The topological polar surface area (TPSA) is 56.7 Å². The number of carbonyl (C=O) groups is 1. The average molecular weight is 474 g/mol. The van der Waals surface area contributed by atoms with Crippen LogP contribution in [0.1, 0.15) is 31.2 Å². The molecule has 0 aromatic heterocycles. The van der Waals surface area contributed by atoms with Crippen LogP contribution in [-0.4, -0.2) is 50.0 Å². The van der Waals surface area contributed by atoms with E-state index in [9.17, 15) is 9.18 Å². The van der Waals surface area contributed by atoms with Crippen molar-refractivity contribution in [3.63, 3.8) is 0 Å². The number of hydrogen-bond donors (Lipinski definition) is 2. The molecule has 0 atom stereocenters. The second-order valence-corrected chi connectivity index (χ2v) is 7.15. The summed E-state index contributed by atoms with van der Waals surface area (Å²) in [6, 6.07) is 6.02. The third kappa shape index (κ3) is 5.31. The number of amides is 1. The van der Waals surface area contributed by atoms with Crippen molar-refractivity contribution in [3.8, 4) is 0 Å². The van der Waals surface area contributed by atoms with Gasteiger partial charge in [0.15, 0.2) is 5.96 Å². The lowest BCUT2D eigenvalue weighted by molar-refractivity contribution is -0.120. The van der Waals surface area contributed by atoms with Crippen molar-refractivity contribution in [2.24, 2.45) is 10.4 Å². The van der Waals surface area contributed by atoms with Gasteiger partial charge in [-0.05, 0) is 42.4 Å². The summed E-state index contributed by atoms with van der Waals surface area (Å²) in [5, 5.41) is 6.22. The largest absolute Gasteiger partial charge is 0.354 e. The van der Waals surface area contributed by atoms with Gasteiger partial charge >= 0.3 is 0 Å². The molecule has 0 radical (unpaired) electrons. The van der Waals surface area contributed by atoms with Crippen LogP contribution in [0.15, 0.2) is 29.3 Å². The van der Waals surface area contributed by atoms with E-state index in [-0.39, 0.29) is 42.1 Å². The van der Waals surface area contributed by atoms with Gasteiger partial charge in [0.05, 0.1) is 6.42 Å². The molecule has 2 fully saturated rings. The summed E-state index contributed by atoms with van der Waals surface area (Å²) in [5.74, 6) is 0.583. The molecule has 1 heterocycles. The lowest BCUT2D eigenvalue weighted by Crippen LogP contribution is -2.45. The van der Waals surface area contributed by atoms with E-state index in [1.807, 2.05) is 0 Å². The van der Waals surface area contributed by atoms with Crippen molar-refractivity contribution in [2.75, 3.05) is 33.2 Å². The van der Waals surface area contributed by atoms with Crippen molar-refractivity contribution in [1.82, 2.24) is 15.5 Å². The molecule has 3 rings (SSSR count). The highest BCUT2D eigenvalue weighted by molar-refractivity contribution is 14.0. The molecule has 1 spiro atoms. The molecule has 0 bridgehead atoms. The van der Waals surface area contributed by atoms with Crippen molar-refractivity contribution in [2.45, 2.75) is 32.1 Å². The molecule has 2 aliphatic rings. The number of guanidine groups is 1. The zero-order valence-corrected chi connectivity index (χ0v) is 17.6. The molecule has 1 aliphatic heterocycles. The van der Waals surface area contributed by atoms with E-state index >= 15 is 0 Å². The van der Waals surface area contributed by atoms with Crippen LogP contribution in [0.25, 0.3) is 0 Å². The van der Waals surface area contributed by atoms with Gasteiger partial charge in [-0.1, -0.05) is 18.6 Å². The lowest BCUT2D eigenvalue weighted by Gasteiger charge is -2.38. The molecule has 144 valence electrons. The fraction of sp³-hybridized carbons (Fsp3) is 0.579. The molecule has 2 N–H and O–H groups in total. The molecule has 0 unspecified atom stereocenters. The van der Waals surface area contributed by atoms with Crippen LogP contribution in [0.3, 0.4) is 0 Å². The first-order valence-electron chi connectivity index (χ1n) is 9.07. The van der Waals surface area contributed by atoms with Gasteiger partial charge in [0.2, 0.25) is 5.91 Å². The fourth-order valence-corrected chi connectivity index (χ4v) is 3.76. The Labute approximate surface area is 171 Å². The first-order valence-corrected chi connectivity index (χ1v) is 9.07. The zero-order chi connectivity index (χ0) is 17.7. The molecule has 1 amide bonds. The van der Waals surface area contributed by atoms with Crippen molar-refractivity contribution in [3.05, 3.63) is 35.6 Å². The quantitative estimate of drug-likeness (QED) is 0.299. The molecule has 5 nitrogen and oxygen atoms in total. The first-order chi connectivity index (χ1) is 12.1. The monoisotopic (exact) mass is 474 g/mol. The van der Waals surface area contributed by atoms with Crippen molar-refractivity contribution >= 4 is 35.8 Å². The summed E-state index contributed by atoms with van der Waals surface area (Å²) in [4.78, 5) is 18.6. The molecule has 26 heavy (non-hydrogen) atoms. The van der Waals surface area contributed by atoms with Crippen LogP contribution in [0.4, 0.5) is 4.39 Å². The first kappa shape index (κ1) is 20.9. The summed E-state index contributed by atoms with van der Waals surface area (Å²) in [7, 11) is 1.81. The van der Waals surface area contributed by atoms with E-state index in [1.165, 1.54) is 37.8 Å². The van der Waals surface area contributed by atoms with E-state index in [1.54, 1.807) is 19.2 Å². The Morgan fingerprint density at radius 2 is 1.88 bits per heavy atom. The Balaban J connectivity index is 0.00000243. The van der Waals surface area contributed by atoms with Crippen LogP contribution < -0.4 is 10.6 Å². The molecule has 7 heteroatoms. The third-order valence-electron chi connectivity index (χ3n) is 5.37. The second kappa shape index (κ2) is 9.53.